The van der Waals surface area contributed by atoms with Crippen molar-refractivity contribution in [3.63, 3.8) is 0 Å². The van der Waals surface area contributed by atoms with Gasteiger partial charge in [-0.25, -0.2) is 0 Å². The average Bonchev–Trinajstić information content (AvgIpc) is 2.37. The standard InChI is InChI=1S/C16H22O2/c1-12-10-15(13(2)17)11-16(18-12)9-8-14-6-4-3-5-7-14/h3-7,12,15-16H,8-11H2,1-2H3/t12-,15+,16+/m0/s1. The molecule has 0 spiro atoms. The van der Waals surface area contributed by atoms with E-state index in [9.17, 15) is 4.79 Å². The molecule has 1 fully saturated rings. The van der Waals surface area contributed by atoms with Crippen LogP contribution < -0.4 is 0 Å². The molecule has 2 nitrogen and oxygen atoms in total. The molecular formula is C16H22O2. The molecule has 0 bridgehead atoms. The van der Waals surface area contributed by atoms with Gasteiger partial charge in [0.25, 0.3) is 0 Å². The van der Waals surface area contributed by atoms with Crippen molar-refractivity contribution in [2.75, 3.05) is 0 Å². The van der Waals surface area contributed by atoms with Gasteiger partial charge >= 0.3 is 0 Å². The Morgan fingerprint density at radius 2 is 2.00 bits per heavy atom. The Balaban J connectivity index is 1.87. The summed E-state index contributed by atoms with van der Waals surface area (Å²) >= 11 is 0. The minimum atomic E-state index is 0.203. The minimum absolute atomic E-state index is 0.203. The number of aryl methyl sites for hydroxylation is 1. The monoisotopic (exact) mass is 246 g/mol. The summed E-state index contributed by atoms with van der Waals surface area (Å²) < 4.78 is 5.94. The third-order valence-electron chi connectivity index (χ3n) is 3.76. The molecule has 3 atom stereocenters. The van der Waals surface area contributed by atoms with E-state index < -0.39 is 0 Å². The molecule has 18 heavy (non-hydrogen) atoms. The number of Topliss-reactive ketones (excluding diaryl/α,β-unsaturated/α-hetero) is 1. The van der Waals surface area contributed by atoms with Crippen LogP contribution in [0.5, 0.6) is 0 Å². The quantitative estimate of drug-likeness (QED) is 0.814. The lowest BCUT2D eigenvalue weighted by atomic mass is 9.87. The van der Waals surface area contributed by atoms with E-state index in [1.54, 1.807) is 6.92 Å². The van der Waals surface area contributed by atoms with Gasteiger partial charge in [-0.3, -0.25) is 4.79 Å². The van der Waals surface area contributed by atoms with E-state index in [0.29, 0.717) is 5.78 Å². The van der Waals surface area contributed by atoms with Gasteiger partial charge in [-0.15, -0.1) is 0 Å². The molecule has 0 aliphatic carbocycles. The van der Waals surface area contributed by atoms with E-state index in [1.165, 1.54) is 5.56 Å². The molecule has 1 aromatic rings. The van der Waals surface area contributed by atoms with Gasteiger partial charge < -0.3 is 4.74 Å². The van der Waals surface area contributed by atoms with Crippen molar-refractivity contribution in [1.29, 1.82) is 0 Å². The van der Waals surface area contributed by atoms with Gasteiger partial charge in [0.05, 0.1) is 12.2 Å². The number of rotatable bonds is 4. The summed E-state index contributed by atoms with van der Waals surface area (Å²) in [5, 5.41) is 0. The lowest BCUT2D eigenvalue weighted by Gasteiger charge is -2.32. The van der Waals surface area contributed by atoms with Gasteiger partial charge in [-0.2, -0.15) is 0 Å². The van der Waals surface area contributed by atoms with Crippen LogP contribution in [0.3, 0.4) is 0 Å². The van der Waals surface area contributed by atoms with Crippen molar-refractivity contribution >= 4 is 5.78 Å². The molecule has 1 saturated heterocycles. The normalized spacial score (nSPS) is 28.0. The third-order valence-corrected chi connectivity index (χ3v) is 3.76. The predicted octanol–water partition coefficient (Wildman–Crippen LogP) is 3.39. The number of ether oxygens (including phenoxy) is 1. The number of hydrogen-bond acceptors (Lipinski definition) is 2. The maximum Gasteiger partial charge on any atom is 0.133 e. The van der Waals surface area contributed by atoms with Crippen LogP contribution in [0.2, 0.25) is 0 Å². The first-order valence-electron chi connectivity index (χ1n) is 6.85. The van der Waals surface area contributed by atoms with Crippen LogP contribution in [0, 0.1) is 5.92 Å². The smallest absolute Gasteiger partial charge is 0.133 e. The maximum atomic E-state index is 11.5. The maximum absolute atomic E-state index is 11.5. The van der Waals surface area contributed by atoms with Gasteiger partial charge in [0.1, 0.15) is 5.78 Å². The van der Waals surface area contributed by atoms with Gasteiger partial charge in [-0.05, 0) is 45.1 Å². The average molecular weight is 246 g/mol. The fraction of sp³-hybridized carbons (Fsp3) is 0.562. The van der Waals surface area contributed by atoms with E-state index in [2.05, 4.69) is 31.2 Å². The molecule has 0 amide bonds. The Labute approximate surface area is 109 Å². The number of benzene rings is 1. The Morgan fingerprint density at radius 1 is 1.28 bits per heavy atom. The largest absolute Gasteiger partial charge is 0.375 e. The topological polar surface area (TPSA) is 26.3 Å². The number of ketones is 1. The lowest BCUT2D eigenvalue weighted by Crippen LogP contribution is -2.34. The fourth-order valence-electron chi connectivity index (χ4n) is 2.74. The van der Waals surface area contributed by atoms with Crippen molar-refractivity contribution in [2.45, 2.75) is 51.7 Å². The van der Waals surface area contributed by atoms with Gasteiger partial charge in [0, 0.05) is 5.92 Å². The second-order valence-electron chi connectivity index (χ2n) is 5.37. The first kappa shape index (κ1) is 13.3. The second kappa shape index (κ2) is 6.14. The van der Waals surface area contributed by atoms with Gasteiger partial charge in [0.15, 0.2) is 0 Å². The zero-order valence-corrected chi connectivity index (χ0v) is 11.3. The SMILES string of the molecule is CC(=O)[C@H]1C[C@@H](CCc2ccccc2)O[C@@H](C)C1. The highest BCUT2D eigenvalue weighted by molar-refractivity contribution is 5.78. The number of carbonyl (C=O) groups is 1. The van der Waals surface area contributed by atoms with Crippen molar-refractivity contribution < 1.29 is 9.53 Å². The van der Waals surface area contributed by atoms with Crippen LogP contribution >= 0.6 is 0 Å². The molecule has 0 radical (unpaired) electrons. The van der Waals surface area contributed by atoms with Crippen molar-refractivity contribution in [3.8, 4) is 0 Å². The molecule has 0 N–H and O–H groups in total. The predicted molar refractivity (Wildman–Crippen MR) is 72.5 cm³/mol. The lowest BCUT2D eigenvalue weighted by molar-refractivity contribution is -0.130. The summed E-state index contributed by atoms with van der Waals surface area (Å²) in [6.45, 7) is 3.78. The van der Waals surface area contributed by atoms with E-state index in [0.717, 1.165) is 25.7 Å². The zero-order chi connectivity index (χ0) is 13.0. The van der Waals surface area contributed by atoms with Crippen LogP contribution in [0.4, 0.5) is 0 Å². The highest BCUT2D eigenvalue weighted by Crippen LogP contribution is 2.28. The molecular weight excluding hydrogens is 224 g/mol. The van der Waals surface area contributed by atoms with Crippen molar-refractivity contribution in [2.24, 2.45) is 5.92 Å². The first-order chi connectivity index (χ1) is 8.65. The number of carbonyl (C=O) groups excluding carboxylic acids is 1. The zero-order valence-electron chi connectivity index (χ0n) is 11.3. The third kappa shape index (κ3) is 3.67. The highest BCUT2D eigenvalue weighted by atomic mass is 16.5. The Kier molecular flexibility index (Phi) is 4.54. The molecule has 1 aliphatic heterocycles. The summed E-state index contributed by atoms with van der Waals surface area (Å²) in [7, 11) is 0. The first-order valence-corrected chi connectivity index (χ1v) is 6.85. The molecule has 2 heteroatoms. The molecule has 0 unspecified atom stereocenters. The molecule has 1 aromatic carbocycles. The van der Waals surface area contributed by atoms with Crippen molar-refractivity contribution in [1.82, 2.24) is 0 Å². The van der Waals surface area contributed by atoms with E-state index in [-0.39, 0.29) is 18.1 Å². The van der Waals surface area contributed by atoms with Crippen molar-refractivity contribution in [3.05, 3.63) is 35.9 Å². The fourth-order valence-corrected chi connectivity index (χ4v) is 2.74. The highest BCUT2D eigenvalue weighted by Gasteiger charge is 2.29. The van der Waals surface area contributed by atoms with E-state index >= 15 is 0 Å². The van der Waals surface area contributed by atoms with Crippen LogP contribution in [0.1, 0.15) is 38.7 Å². The van der Waals surface area contributed by atoms with Gasteiger partial charge in [-0.1, -0.05) is 30.3 Å². The summed E-state index contributed by atoms with van der Waals surface area (Å²) in [6, 6.07) is 10.5. The van der Waals surface area contributed by atoms with Crippen LogP contribution in [-0.4, -0.2) is 18.0 Å². The molecule has 0 aromatic heterocycles. The van der Waals surface area contributed by atoms with Crippen LogP contribution in [0.25, 0.3) is 0 Å². The molecule has 1 aliphatic rings. The minimum Gasteiger partial charge on any atom is -0.375 e. The summed E-state index contributed by atoms with van der Waals surface area (Å²) in [4.78, 5) is 11.5. The second-order valence-corrected chi connectivity index (χ2v) is 5.37. The summed E-state index contributed by atoms with van der Waals surface area (Å²) in [5.41, 5.74) is 1.35. The van der Waals surface area contributed by atoms with E-state index in [1.807, 2.05) is 6.07 Å². The number of hydrogen-bond donors (Lipinski definition) is 0. The molecule has 98 valence electrons. The summed E-state index contributed by atoms with van der Waals surface area (Å²) in [5.74, 6) is 0.518. The Bertz CT molecular complexity index is 385. The molecule has 0 saturated carbocycles. The Morgan fingerprint density at radius 3 is 2.67 bits per heavy atom. The molecule has 2 rings (SSSR count). The summed E-state index contributed by atoms with van der Waals surface area (Å²) in [6.07, 6.45) is 4.28. The van der Waals surface area contributed by atoms with E-state index in [4.69, 9.17) is 4.74 Å². The Hall–Kier alpha value is -1.15. The molecule has 1 heterocycles. The van der Waals surface area contributed by atoms with Crippen LogP contribution in [0.15, 0.2) is 30.3 Å². The van der Waals surface area contributed by atoms with Crippen LogP contribution in [-0.2, 0) is 16.0 Å². The van der Waals surface area contributed by atoms with Gasteiger partial charge in [0.2, 0.25) is 0 Å².